The van der Waals surface area contributed by atoms with Crippen LogP contribution in [0.1, 0.15) is 35.2 Å². The number of hydrogen-bond donors (Lipinski definition) is 0. The summed E-state index contributed by atoms with van der Waals surface area (Å²) in [6.07, 6.45) is 3.26. The van der Waals surface area contributed by atoms with Crippen molar-refractivity contribution in [3.05, 3.63) is 59.7 Å². The van der Waals surface area contributed by atoms with E-state index in [2.05, 4.69) is 4.74 Å². The molecule has 1 saturated heterocycles. The highest BCUT2D eigenvalue weighted by molar-refractivity contribution is 5.99. The lowest BCUT2D eigenvalue weighted by Gasteiger charge is -2.37. The molecule has 0 bridgehead atoms. The smallest absolute Gasteiger partial charge is 0.387 e. The van der Waals surface area contributed by atoms with Crippen LogP contribution < -0.4 is 9.64 Å². The number of alkyl halides is 2. The number of aryl methyl sites for hydroxylation is 1. The first-order chi connectivity index (χ1) is 14.5. The van der Waals surface area contributed by atoms with Crippen molar-refractivity contribution in [2.24, 2.45) is 5.92 Å². The molecule has 0 saturated carbocycles. The summed E-state index contributed by atoms with van der Waals surface area (Å²) in [7, 11) is 0. The Hall–Kier alpha value is -2.96. The van der Waals surface area contributed by atoms with E-state index in [0.29, 0.717) is 25.9 Å². The summed E-state index contributed by atoms with van der Waals surface area (Å²) in [5, 5.41) is 0. The van der Waals surface area contributed by atoms with Crippen LogP contribution in [0.3, 0.4) is 0 Å². The van der Waals surface area contributed by atoms with Crippen molar-refractivity contribution in [2.45, 2.75) is 32.3 Å². The van der Waals surface area contributed by atoms with Crippen LogP contribution in [0.4, 0.5) is 14.5 Å². The number of fused-ring (bicyclic) bond motifs is 1. The molecule has 2 aliphatic heterocycles. The zero-order valence-electron chi connectivity index (χ0n) is 16.6. The summed E-state index contributed by atoms with van der Waals surface area (Å²) >= 11 is 0. The van der Waals surface area contributed by atoms with Crippen LogP contribution in [0.5, 0.6) is 5.75 Å². The molecule has 0 N–H and O–H groups in total. The van der Waals surface area contributed by atoms with Crippen molar-refractivity contribution in [3.63, 3.8) is 0 Å². The molecule has 4 rings (SSSR count). The molecule has 7 heteroatoms. The van der Waals surface area contributed by atoms with E-state index in [1.54, 1.807) is 17.0 Å². The number of anilines is 1. The lowest BCUT2D eigenvalue weighted by atomic mass is 9.93. The molecule has 0 aromatic heterocycles. The van der Waals surface area contributed by atoms with Crippen LogP contribution in [-0.4, -0.2) is 43.0 Å². The third-order valence-electron chi connectivity index (χ3n) is 5.77. The number of nitrogens with zero attached hydrogens (tertiary/aromatic N) is 2. The Bertz CT molecular complexity index is 934. The molecule has 0 spiro atoms. The number of likely N-dealkylation sites (tertiary alicyclic amines) is 1. The Balaban J connectivity index is 1.50. The quantitative estimate of drug-likeness (QED) is 0.756. The molecule has 5 nitrogen and oxygen atoms in total. The maximum absolute atomic E-state index is 13.3. The minimum absolute atomic E-state index is 0.0248. The SMILES string of the molecule is O=C(c1ccccc1OC(F)F)N1CCC[C@@H](C(=O)N2CCCc3ccccc32)C1. The number of amides is 2. The second-order valence-electron chi connectivity index (χ2n) is 7.69. The van der Waals surface area contributed by atoms with E-state index in [-0.39, 0.29) is 35.6 Å². The zero-order chi connectivity index (χ0) is 21.1. The highest BCUT2D eigenvalue weighted by Crippen LogP contribution is 2.31. The molecule has 0 unspecified atom stereocenters. The average Bonchev–Trinajstić information content (AvgIpc) is 2.78. The summed E-state index contributed by atoms with van der Waals surface area (Å²) in [6, 6.07) is 13.9. The second kappa shape index (κ2) is 8.81. The monoisotopic (exact) mass is 414 g/mol. The van der Waals surface area contributed by atoms with Crippen LogP contribution in [-0.2, 0) is 11.2 Å². The van der Waals surface area contributed by atoms with Gasteiger partial charge in [-0.3, -0.25) is 9.59 Å². The lowest BCUT2D eigenvalue weighted by molar-refractivity contribution is -0.123. The second-order valence-corrected chi connectivity index (χ2v) is 7.69. The van der Waals surface area contributed by atoms with Gasteiger partial charge in [0.25, 0.3) is 5.91 Å². The van der Waals surface area contributed by atoms with Gasteiger partial charge >= 0.3 is 6.61 Å². The van der Waals surface area contributed by atoms with Crippen molar-refractivity contribution >= 4 is 17.5 Å². The highest BCUT2D eigenvalue weighted by atomic mass is 19.3. The summed E-state index contributed by atoms with van der Waals surface area (Å²) in [6.45, 7) is -1.57. The van der Waals surface area contributed by atoms with Crippen LogP contribution >= 0.6 is 0 Å². The van der Waals surface area contributed by atoms with Crippen LogP contribution in [0.2, 0.25) is 0 Å². The number of rotatable bonds is 4. The molecule has 0 radical (unpaired) electrons. The Morgan fingerprint density at radius 3 is 2.60 bits per heavy atom. The fraction of sp³-hybridized carbons (Fsp3) is 0.391. The Labute approximate surface area is 174 Å². The van der Waals surface area contributed by atoms with Gasteiger partial charge in [0.2, 0.25) is 5.91 Å². The molecule has 1 atom stereocenters. The topological polar surface area (TPSA) is 49.9 Å². The molecule has 2 aliphatic rings. The van der Waals surface area contributed by atoms with E-state index >= 15 is 0 Å². The van der Waals surface area contributed by atoms with Gasteiger partial charge in [0.05, 0.1) is 11.5 Å². The molecule has 0 aliphatic carbocycles. The third-order valence-corrected chi connectivity index (χ3v) is 5.77. The van der Waals surface area contributed by atoms with Gasteiger partial charge in [-0.15, -0.1) is 0 Å². The minimum atomic E-state index is -3.01. The van der Waals surface area contributed by atoms with Crippen LogP contribution in [0.15, 0.2) is 48.5 Å². The number of para-hydroxylation sites is 2. The Morgan fingerprint density at radius 2 is 1.77 bits per heavy atom. The fourth-order valence-electron chi connectivity index (χ4n) is 4.36. The van der Waals surface area contributed by atoms with Crippen molar-refractivity contribution in [1.82, 2.24) is 4.90 Å². The highest BCUT2D eigenvalue weighted by Gasteiger charge is 2.34. The predicted octanol–water partition coefficient (Wildman–Crippen LogP) is 4.12. The van der Waals surface area contributed by atoms with Crippen molar-refractivity contribution in [3.8, 4) is 5.75 Å². The summed E-state index contributed by atoms with van der Waals surface area (Å²) in [5.41, 5.74) is 2.21. The van der Waals surface area contributed by atoms with Crippen molar-refractivity contribution in [1.29, 1.82) is 0 Å². The van der Waals surface area contributed by atoms with Crippen molar-refractivity contribution in [2.75, 3.05) is 24.5 Å². The van der Waals surface area contributed by atoms with Crippen molar-refractivity contribution < 1.29 is 23.1 Å². The maximum Gasteiger partial charge on any atom is 0.387 e. The van der Waals surface area contributed by atoms with Gasteiger partial charge in [0.1, 0.15) is 5.75 Å². The largest absolute Gasteiger partial charge is 0.434 e. The number of carbonyl (C=O) groups excluding carboxylic acids is 2. The number of carbonyl (C=O) groups is 2. The fourth-order valence-corrected chi connectivity index (χ4v) is 4.36. The average molecular weight is 414 g/mol. The zero-order valence-corrected chi connectivity index (χ0v) is 16.6. The van der Waals surface area contributed by atoms with E-state index in [1.165, 1.54) is 17.7 Å². The van der Waals surface area contributed by atoms with Crippen LogP contribution in [0, 0.1) is 5.92 Å². The molecule has 2 amide bonds. The molecule has 1 fully saturated rings. The molecule has 158 valence electrons. The minimum Gasteiger partial charge on any atom is -0.434 e. The van der Waals surface area contributed by atoms with E-state index in [9.17, 15) is 18.4 Å². The third kappa shape index (κ3) is 4.15. The van der Waals surface area contributed by atoms with Gasteiger partial charge in [-0.2, -0.15) is 8.78 Å². The van der Waals surface area contributed by atoms with Gasteiger partial charge < -0.3 is 14.5 Å². The number of benzene rings is 2. The Morgan fingerprint density at radius 1 is 1.00 bits per heavy atom. The van der Waals surface area contributed by atoms with Crippen LogP contribution in [0.25, 0.3) is 0 Å². The number of halogens is 2. The van der Waals surface area contributed by atoms with Gasteiger partial charge in [-0.05, 0) is 49.4 Å². The number of ether oxygens (including phenoxy) is 1. The maximum atomic E-state index is 13.3. The standard InChI is InChI=1S/C23H24F2N2O3/c24-23(25)30-20-12-4-2-10-18(20)22(29)26-13-5-9-17(15-26)21(28)27-14-6-8-16-7-1-3-11-19(16)27/h1-4,7,10-12,17,23H,5-6,8-9,13-15H2/t17-/m1/s1. The van der Waals surface area contributed by atoms with E-state index in [1.807, 2.05) is 29.2 Å². The molecular weight excluding hydrogens is 390 g/mol. The van der Waals surface area contributed by atoms with Gasteiger partial charge in [0, 0.05) is 25.3 Å². The first kappa shape index (κ1) is 20.3. The number of piperidine rings is 1. The predicted molar refractivity (Wildman–Crippen MR) is 109 cm³/mol. The van der Waals surface area contributed by atoms with E-state index < -0.39 is 6.61 Å². The summed E-state index contributed by atoms with van der Waals surface area (Å²) < 4.78 is 29.9. The Kier molecular flexibility index (Phi) is 5.97. The van der Waals surface area contributed by atoms with Gasteiger partial charge in [0.15, 0.2) is 0 Å². The summed E-state index contributed by atoms with van der Waals surface area (Å²) in [5.74, 6) is -0.812. The molecule has 2 aromatic rings. The molecule has 30 heavy (non-hydrogen) atoms. The molecule has 2 aromatic carbocycles. The van der Waals surface area contributed by atoms with Gasteiger partial charge in [-0.1, -0.05) is 30.3 Å². The number of hydrogen-bond acceptors (Lipinski definition) is 3. The molecular formula is C23H24F2N2O3. The molecule has 2 heterocycles. The first-order valence-corrected chi connectivity index (χ1v) is 10.3. The van der Waals surface area contributed by atoms with Gasteiger partial charge in [-0.25, -0.2) is 0 Å². The first-order valence-electron chi connectivity index (χ1n) is 10.3. The normalized spacial score (nSPS) is 18.8. The lowest BCUT2D eigenvalue weighted by Crippen LogP contribution is -2.48. The van der Waals surface area contributed by atoms with E-state index in [4.69, 9.17) is 0 Å². The van der Waals surface area contributed by atoms with E-state index in [0.717, 1.165) is 18.5 Å². The summed E-state index contributed by atoms with van der Waals surface area (Å²) in [4.78, 5) is 29.7.